The van der Waals surface area contributed by atoms with E-state index >= 15 is 0 Å². The van der Waals surface area contributed by atoms with E-state index in [4.69, 9.17) is 14.5 Å². The topological polar surface area (TPSA) is 84.1 Å². The molecule has 0 unspecified atom stereocenters. The number of nitrogens with one attached hydrogen (secondary N) is 1. The largest absolute Gasteiger partial charge is 0.491 e. The second kappa shape index (κ2) is 9.64. The van der Waals surface area contributed by atoms with Crippen molar-refractivity contribution in [3.63, 3.8) is 0 Å². The van der Waals surface area contributed by atoms with Gasteiger partial charge in [0.1, 0.15) is 24.3 Å². The van der Waals surface area contributed by atoms with Crippen LogP contribution < -0.4 is 15.0 Å². The van der Waals surface area contributed by atoms with E-state index in [0.717, 1.165) is 41.4 Å². The van der Waals surface area contributed by atoms with Gasteiger partial charge in [-0.05, 0) is 25.1 Å². The predicted molar refractivity (Wildman–Crippen MR) is 121 cm³/mol. The number of hydrogen-bond donors (Lipinski definition) is 2. The van der Waals surface area contributed by atoms with Gasteiger partial charge in [0.25, 0.3) is 0 Å². The molecule has 166 valence electrons. The SMILES string of the molecule is CNC[C@@H](O)COc1cccc(-c2cc(N3CCOCC3)n3ncc(C(C)C)c3n2)c1. The lowest BCUT2D eigenvalue weighted by molar-refractivity contribution is 0.108. The normalized spacial score (nSPS) is 15.6. The number of fused-ring (bicyclic) bond motifs is 1. The van der Waals surface area contributed by atoms with Crippen molar-refractivity contribution in [1.29, 1.82) is 0 Å². The highest BCUT2D eigenvalue weighted by Crippen LogP contribution is 2.30. The third kappa shape index (κ3) is 4.81. The van der Waals surface area contributed by atoms with Gasteiger partial charge in [0.05, 0.1) is 25.1 Å². The maximum atomic E-state index is 9.93. The first-order chi connectivity index (χ1) is 15.1. The van der Waals surface area contributed by atoms with Crippen LogP contribution in [0.15, 0.2) is 36.5 Å². The number of ether oxygens (including phenoxy) is 2. The van der Waals surface area contributed by atoms with Crippen LogP contribution in [0.1, 0.15) is 25.3 Å². The summed E-state index contributed by atoms with van der Waals surface area (Å²) >= 11 is 0. The molecule has 8 nitrogen and oxygen atoms in total. The molecule has 1 aliphatic heterocycles. The van der Waals surface area contributed by atoms with Crippen LogP contribution in [0.2, 0.25) is 0 Å². The van der Waals surface area contributed by atoms with Crippen LogP contribution in [-0.4, -0.2) is 72.3 Å². The Balaban J connectivity index is 1.71. The van der Waals surface area contributed by atoms with Gasteiger partial charge in [-0.25, -0.2) is 4.98 Å². The maximum absolute atomic E-state index is 9.93. The van der Waals surface area contributed by atoms with Crippen molar-refractivity contribution in [2.75, 3.05) is 51.4 Å². The second-order valence-corrected chi connectivity index (χ2v) is 8.14. The summed E-state index contributed by atoms with van der Waals surface area (Å²) in [5.41, 5.74) is 3.84. The number of likely N-dealkylation sites (N-methyl/N-ethyl adjacent to an activating group) is 1. The van der Waals surface area contributed by atoms with Crippen molar-refractivity contribution >= 4 is 11.5 Å². The molecule has 2 N–H and O–H groups in total. The van der Waals surface area contributed by atoms with E-state index in [-0.39, 0.29) is 6.61 Å². The minimum absolute atomic E-state index is 0.232. The molecule has 0 saturated carbocycles. The van der Waals surface area contributed by atoms with Crippen LogP contribution in [-0.2, 0) is 4.74 Å². The zero-order chi connectivity index (χ0) is 21.8. The van der Waals surface area contributed by atoms with Crippen LogP contribution >= 0.6 is 0 Å². The number of aromatic nitrogens is 3. The highest BCUT2D eigenvalue weighted by molar-refractivity contribution is 5.69. The molecule has 0 aliphatic carbocycles. The lowest BCUT2D eigenvalue weighted by atomic mass is 10.1. The van der Waals surface area contributed by atoms with Gasteiger partial charge in [0.15, 0.2) is 5.65 Å². The van der Waals surface area contributed by atoms with Crippen molar-refractivity contribution in [3.8, 4) is 17.0 Å². The number of hydrogen-bond acceptors (Lipinski definition) is 7. The molecule has 31 heavy (non-hydrogen) atoms. The smallest absolute Gasteiger partial charge is 0.161 e. The molecule has 1 saturated heterocycles. The Hall–Kier alpha value is -2.68. The fourth-order valence-electron chi connectivity index (χ4n) is 3.77. The standard InChI is InChI=1S/C23H31N5O3/c1-16(2)20-14-25-28-22(27-7-9-30-10-8-27)12-21(26-23(20)28)17-5-4-6-19(11-17)31-15-18(29)13-24-3/h4-6,11-12,14,16,18,24,29H,7-10,13,15H2,1-3H3/t18-/m1/s1. The van der Waals surface area contributed by atoms with E-state index in [1.807, 2.05) is 35.0 Å². The summed E-state index contributed by atoms with van der Waals surface area (Å²) in [5, 5.41) is 17.5. The average molecular weight is 426 g/mol. The van der Waals surface area contributed by atoms with Gasteiger partial charge in [-0.15, -0.1) is 0 Å². The highest BCUT2D eigenvalue weighted by atomic mass is 16.5. The van der Waals surface area contributed by atoms with Crippen molar-refractivity contribution in [1.82, 2.24) is 19.9 Å². The van der Waals surface area contributed by atoms with E-state index in [9.17, 15) is 5.11 Å². The molecule has 0 spiro atoms. The Morgan fingerprint density at radius 3 is 2.77 bits per heavy atom. The number of rotatable bonds is 8. The quantitative estimate of drug-likeness (QED) is 0.573. The summed E-state index contributed by atoms with van der Waals surface area (Å²) in [4.78, 5) is 7.27. The molecule has 1 aromatic carbocycles. The lowest BCUT2D eigenvalue weighted by Crippen LogP contribution is -2.37. The van der Waals surface area contributed by atoms with Gasteiger partial charge in [0.2, 0.25) is 0 Å². The monoisotopic (exact) mass is 425 g/mol. The molecule has 0 radical (unpaired) electrons. The summed E-state index contributed by atoms with van der Waals surface area (Å²) in [6.07, 6.45) is 1.36. The van der Waals surface area contributed by atoms with Gasteiger partial charge in [0, 0.05) is 36.8 Å². The van der Waals surface area contributed by atoms with Crippen molar-refractivity contribution < 1.29 is 14.6 Å². The van der Waals surface area contributed by atoms with Gasteiger partial charge < -0.3 is 24.8 Å². The van der Waals surface area contributed by atoms with Gasteiger partial charge in [-0.1, -0.05) is 26.0 Å². The summed E-state index contributed by atoms with van der Waals surface area (Å²) < 4.78 is 13.3. The molecule has 3 aromatic rings. The van der Waals surface area contributed by atoms with Crippen LogP contribution in [0.4, 0.5) is 5.82 Å². The van der Waals surface area contributed by atoms with Crippen LogP contribution in [0.25, 0.3) is 16.9 Å². The van der Waals surface area contributed by atoms with Gasteiger partial charge >= 0.3 is 0 Å². The number of aliphatic hydroxyl groups excluding tert-OH is 1. The number of morpholine rings is 1. The predicted octanol–water partition coefficient (Wildman–Crippen LogP) is 2.32. The summed E-state index contributed by atoms with van der Waals surface area (Å²) in [6.45, 7) is 8.08. The maximum Gasteiger partial charge on any atom is 0.161 e. The summed E-state index contributed by atoms with van der Waals surface area (Å²) in [7, 11) is 1.81. The Morgan fingerprint density at radius 1 is 1.23 bits per heavy atom. The molecule has 1 aliphatic rings. The molecule has 1 atom stereocenters. The average Bonchev–Trinajstić information content (AvgIpc) is 3.22. The van der Waals surface area contributed by atoms with E-state index in [1.165, 1.54) is 0 Å². The number of anilines is 1. The first-order valence-electron chi connectivity index (χ1n) is 10.8. The Bertz CT molecular complexity index is 1010. The Labute approximate surface area is 182 Å². The van der Waals surface area contributed by atoms with Crippen molar-refractivity contribution in [3.05, 3.63) is 42.1 Å². The van der Waals surface area contributed by atoms with E-state index in [0.29, 0.717) is 31.4 Å². The molecule has 2 aromatic heterocycles. The third-order valence-corrected chi connectivity index (χ3v) is 5.45. The molecule has 8 heteroatoms. The highest BCUT2D eigenvalue weighted by Gasteiger charge is 2.20. The van der Waals surface area contributed by atoms with E-state index in [2.05, 4.69) is 35.2 Å². The second-order valence-electron chi connectivity index (χ2n) is 8.14. The minimum Gasteiger partial charge on any atom is -0.491 e. The zero-order valence-corrected chi connectivity index (χ0v) is 18.4. The summed E-state index contributed by atoms with van der Waals surface area (Å²) in [6, 6.07) is 9.94. The number of benzene rings is 1. The van der Waals surface area contributed by atoms with E-state index in [1.54, 1.807) is 7.05 Å². The molecule has 4 rings (SSSR count). The molecular formula is C23H31N5O3. The van der Waals surface area contributed by atoms with Gasteiger partial charge in [-0.2, -0.15) is 9.61 Å². The summed E-state index contributed by atoms with van der Waals surface area (Å²) in [5.74, 6) is 2.05. The third-order valence-electron chi connectivity index (χ3n) is 5.45. The minimum atomic E-state index is -0.559. The lowest BCUT2D eigenvalue weighted by Gasteiger charge is -2.29. The first-order valence-corrected chi connectivity index (χ1v) is 10.8. The zero-order valence-electron chi connectivity index (χ0n) is 18.4. The number of aliphatic hydroxyl groups is 1. The van der Waals surface area contributed by atoms with Crippen LogP contribution in [0, 0.1) is 0 Å². The number of nitrogens with zero attached hydrogens (tertiary/aromatic N) is 4. The van der Waals surface area contributed by atoms with Gasteiger partial charge in [-0.3, -0.25) is 0 Å². The molecule has 3 heterocycles. The van der Waals surface area contributed by atoms with Crippen molar-refractivity contribution in [2.24, 2.45) is 0 Å². The van der Waals surface area contributed by atoms with E-state index < -0.39 is 6.10 Å². The van der Waals surface area contributed by atoms with Crippen molar-refractivity contribution in [2.45, 2.75) is 25.9 Å². The fraction of sp³-hybridized carbons (Fsp3) is 0.478. The molecular weight excluding hydrogens is 394 g/mol. The molecule has 0 amide bonds. The fourth-order valence-corrected chi connectivity index (χ4v) is 3.77. The van der Waals surface area contributed by atoms with Crippen LogP contribution in [0.3, 0.4) is 0 Å². The van der Waals surface area contributed by atoms with Crippen LogP contribution in [0.5, 0.6) is 5.75 Å². The Kier molecular flexibility index (Phi) is 6.70. The molecule has 0 bridgehead atoms. The molecule has 1 fully saturated rings. The Morgan fingerprint density at radius 2 is 2.03 bits per heavy atom. The first kappa shape index (κ1) is 21.5.